The van der Waals surface area contributed by atoms with Crippen molar-refractivity contribution in [2.75, 3.05) is 19.8 Å². The highest BCUT2D eigenvalue weighted by Gasteiger charge is 2.17. The number of nitrogens with one attached hydrogen (secondary N) is 1. The van der Waals surface area contributed by atoms with E-state index in [-0.39, 0.29) is 11.7 Å². The van der Waals surface area contributed by atoms with Gasteiger partial charge in [-0.1, -0.05) is 6.58 Å². The van der Waals surface area contributed by atoms with E-state index in [0.29, 0.717) is 19.6 Å². The van der Waals surface area contributed by atoms with Gasteiger partial charge in [0.05, 0.1) is 13.2 Å². The molecule has 1 rings (SSSR count). The molecule has 1 amide bonds. The molecule has 1 saturated heterocycles. The van der Waals surface area contributed by atoms with Gasteiger partial charge in [0.2, 0.25) is 5.91 Å². The fourth-order valence-corrected chi connectivity index (χ4v) is 1.25. The lowest BCUT2D eigenvalue weighted by molar-refractivity contribution is -0.118. The number of carbonyl (C=O) groups excluding carboxylic acids is 2. The largest absolute Gasteiger partial charge is 0.342 e. The Morgan fingerprint density at radius 1 is 1.69 bits per heavy atom. The van der Waals surface area contributed by atoms with Gasteiger partial charge in [-0.3, -0.25) is 14.5 Å². The monoisotopic (exact) mass is 182 g/mol. The lowest BCUT2D eigenvalue weighted by Gasteiger charge is -2.10. The van der Waals surface area contributed by atoms with Crippen LogP contribution in [0.15, 0.2) is 12.7 Å². The first-order valence-corrected chi connectivity index (χ1v) is 4.36. The van der Waals surface area contributed by atoms with E-state index < -0.39 is 0 Å². The minimum atomic E-state index is 0.0649. The van der Waals surface area contributed by atoms with Crippen LogP contribution in [0.5, 0.6) is 0 Å². The third-order valence-corrected chi connectivity index (χ3v) is 1.99. The Morgan fingerprint density at radius 2 is 2.46 bits per heavy atom. The van der Waals surface area contributed by atoms with Gasteiger partial charge in [-0.25, -0.2) is 0 Å². The zero-order valence-corrected chi connectivity index (χ0v) is 7.58. The van der Waals surface area contributed by atoms with Crippen molar-refractivity contribution in [1.29, 1.82) is 0 Å². The quantitative estimate of drug-likeness (QED) is 0.604. The van der Waals surface area contributed by atoms with Gasteiger partial charge in [0, 0.05) is 13.0 Å². The molecule has 13 heavy (non-hydrogen) atoms. The van der Waals surface area contributed by atoms with Gasteiger partial charge in [-0.05, 0) is 12.5 Å². The summed E-state index contributed by atoms with van der Waals surface area (Å²) in [5.74, 6) is 0.133. The Morgan fingerprint density at radius 3 is 3.00 bits per heavy atom. The number of ketones is 1. The van der Waals surface area contributed by atoms with E-state index >= 15 is 0 Å². The summed E-state index contributed by atoms with van der Waals surface area (Å²) in [4.78, 5) is 23.6. The Hall–Kier alpha value is -1.16. The predicted molar refractivity (Wildman–Crippen MR) is 49.0 cm³/mol. The van der Waals surface area contributed by atoms with Gasteiger partial charge in [-0.15, -0.1) is 0 Å². The summed E-state index contributed by atoms with van der Waals surface area (Å²) in [5.41, 5.74) is 0. The molecule has 0 saturated carbocycles. The van der Waals surface area contributed by atoms with Crippen molar-refractivity contribution in [3.63, 3.8) is 0 Å². The van der Waals surface area contributed by atoms with Crippen LogP contribution < -0.4 is 5.32 Å². The van der Waals surface area contributed by atoms with Crippen LogP contribution in [-0.2, 0) is 9.59 Å². The molecule has 0 bridgehead atoms. The van der Waals surface area contributed by atoms with E-state index in [9.17, 15) is 9.59 Å². The molecule has 0 spiro atoms. The summed E-state index contributed by atoms with van der Waals surface area (Å²) >= 11 is 0. The number of hydrogen-bond donors (Lipinski definition) is 1. The predicted octanol–water partition coefficient (Wildman–Crippen LogP) is -0.0890. The second-order valence-corrected chi connectivity index (χ2v) is 3.08. The van der Waals surface area contributed by atoms with Crippen molar-refractivity contribution in [3.8, 4) is 0 Å². The second-order valence-electron chi connectivity index (χ2n) is 3.08. The van der Waals surface area contributed by atoms with Gasteiger partial charge in [0.15, 0.2) is 5.78 Å². The third-order valence-electron chi connectivity index (χ3n) is 1.99. The molecule has 0 radical (unpaired) electrons. The lowest BCUT2D eigenvalue weighted by atomic mass is 10.2. The fraction of sp³-hybridized carbons (Fsp3) is 0.556. The van der Waals surface area contributed by atoms with Crippen molar-refractivity contribution >= 4 is 11.7 Å². The number of nitrogens with zero attached hydrogens (tertiary/aromatic N) is 1. The van der Waals surface area contributed by atoms with Crippen LogP contribution in [0.3, 0.4) is 0 Å². The fourth-order valence-electron chi connectivity index (χ4n) is 1.25. The summed E-state index contributed by atoms with van der Waals surface area (Å²) in [6, 6.07) is 0. The number of carbonyl (C=O) groups is 2. The van der Waals surface area contributed by atoms with Gasteiger partial charge in [-0.2, -0.15) is 0 Å². The molecule has 0 unspecified atom stereocenters. The molecule has 1 N–H and O–H groups in total. The van der Waals surface area contributed by atoms with Crippen LogP contribution >= 0.6 is 0 Å². The van der Waals surface area contributed by atoms with Crippen LogP contribution in [0.25, 0.3) is 0 Å². The minimum Gasteiger partial charge on any atom is -0.342 e. The van der Waals surface area contributed by atoms with E-state index in [0.717, 1.165) is 13.0 Å². The smallest absolute Gasteiger partial charge is 0.235 e. The maximum Gasteiger partial charge on any atom is 0.235 e. The van der Waals surface area contributed by atoms with Crippen LogP contribution in [0.2, 0.25) is 0 Å². The molecule has 1 aliphatic heterocycles. The SMILES string of the molecule is C=CC(=O)CCCN1CNC(=O)C1. The highest BCUT2D eigenvalue weighted by molar-refractivity contribution is 5.88. The Labute approximate surface area is 77.6 Å². The lowest BCUT2D eigenvalue weighted by Crippen LogP contribution is -2.23. The second kappa shape index (κ2) is 4.77. The molecule has 1 aliphatic rings. The van der Waals surface area contributed by atoms with E-state index in [1.807, 2.05) is 4.90 Å². The Balaban J connectivity index is 2.09. The molecular weight excluding hydrogens is 168 g/mol. The van der Waals surface area contributed by atoms with Crippen molar-refractivity contribution in [1.82, 2.24) is 10.2 Å². The zero-order chi connectivity index (χ0) is 9.68. The molecule has 0 aromatic carbocycles. The number of rotatable bonds is 5. The van der Waals surface area contributed by atoms with Gasteiger partial charge < -0.3 is 5.32 Å². The van der Waals surface area contributed by atoms with Crippen LogP contribution in [-0.4, -0.2) is 36.3 Å². The van der Waals surface area contributed by atoms with Crippen LogP contribution in [0.1, 0.15) is 12.8 Å². The number of hydrogen-bond acceptors (Lipinski definition) is 3. The topological polar surface area (TPSA) is 49.4 Å². The highest BCUT2D eigenvalue weighted by atomic mass is 16.2. The molecule has 0 aromatic heterocycles. The van der Waals surface area contributed by atoms with Crippen LogP contribution in [0, 0.1) is 0 Å². The summed E-state index contributed by atoms with van der Waals surface area (Å²) in [7, 11) is 0. The standard InChI is InChI=1S/C9H14N2O2/c1-2-8(12)4-3-5-11-6-9(13)10-7-11/h2H,1,3-7H2,(H,10,13). The summed E-state index contributed by atoms with van der Waals surface area (Å²) in [5, 5.41) is 2.70. The van der Waals surface area contributed by atoms with E-state index in [1.54, 1.807) is 0 Å². The normalized spacial score (nSPS) is 17.1. The Kier molecular flexibility index (Phi) is 3.64. The first-order chi connectivity index (χ1) is 6.22. The third kappa shape index (κ3) is 3.38. The first-order valence-electron chi connectivity index (χ1n) is 4.36. The number of allylic oxidation sites excluding steroid dienone is 1. The average Bonchev–Trinajstić information content (AvgIpc) is 2.51. The van der Waals surface area contributed by atoms with Crippen molar-refractivity contribution in [3.05, 3.63) is 12.7 Å². The summed E-state index contributed by atoms with van der Waals surface area (Å²) in [6.07, 6.45) is 2.65. The minimum absolute atomic E-state index is 0.0649. The van der Waals surface area contributed by atoms with Gasteiger partial charge >= 0.3 is 0 Å². The molecule has 72 valence electrons. The highest BCUT2D eigenvalue weighted by Crippen LogP contribution is 1.99. The van der Waals surface area contributed by atoms with Crippen molar-refractivity contribution in [2.24, 2.45) is 0 Å². The van der Waals surface area contributed by atoms with E-state index in [4.69, 9.17) is 0 Å². The molecule has 0 aliphatic carbocycles. The molecule has 0 aromatic rings. The van der Waals surface area contributed by atoms with E-state index in [2.05, 4.69) is 11.9 Å². The first kappa shape index (κ1) is 9.92. The summed E-state index contributed by atoms with van der Waals surface area (Å²) in [6.45, 7) is 5.26. The molecule has 1 heterocycles. The molecule has 0 atom stereocenters. The van der Waals surface area contributed by atoms with E-state index in [1.165, 1.54) is 6.08 Å². The molecule has 4 nitrogen and oxygen atoms in total. The maximum atomic E-state index is 10.8. The van der Waals surface area contributed by atoms with Gasteiger partial charge in [0.1, 0.15) is 0 Å². The average molecular weight is 182 g/mol. The molecular formula is C9H14N2O2. The van der Waals surface area contributed by atoms with Gasteiger partial charge in [0.25, 0.3) is 0 Å². The molecule has 1 fully saturated rings. The number of amides is 1. The summed E-state index contributed by atoms with van der Waals surface area (Å²) < 4.78 is 0. The zero-order valence-electron chi connectivity index (χ0n) is 7.58. The maximum absolute atomic E-state index is 10.8. The Bertz CT molecular complexity index is 226. The van der Waals surface area contributed by atoms with Crippen molar-refractivity contribution < 1.29 is 9.59 Å². The van der Waals surface area contributed by atoms with Crippen molar-refractivity contribution in [2.45, 2.75) is 12.8 Å². The van der Waals surface area contributed by atoms with Crippen LogP contribution in [0.4, 0.5) is 0 Å². The molecule has 4 heteroatoms.